The average Bonchev–Trinajstić information content (AvgIpc) is 2.64. The van der Waals surface area contributed by atoms with Gasteiger partial charge in [-0.2, -0.15) is 0 Å². The molecule has 138 valence electrons. The Kier molecular flexibility index (Phi) is 5.08. The number of nitrogens with zero attached hydrogens (tertiary/aromatic N) is 1. The molecule has 26 heavy (non-hydrogen) atoms. The minimum absolute atomic E-state index is 0.0894. The van der Waals surface area contributed by atoms with Gasteiger partial charge in [0.2, 0.25) is 10.0 Å². The Bertz CT molecular complexity index is 941. The summed E-state index contributed by atoms with van der Waals surface area (Å²) in [7, 11) is -0.690. The number of anilines is 1. The van der Waals surface area contributed by atoms with Crippen molar-refractivity contribution in [2.24, 2.45) is 0 Å². The van der Waals surface area contributed by atoms with Crippen LogP contribution in [-0.2, 0) is 23.0 Å². The molecule has 1 heterocycles. The molecule has 2 aromatic rings. The number of carbonyl (C=O) groups excluding carboxylic acids is 1. The van der Waals surface area contributed by atoms with Crippen LogP contribution in [0.1, 0.15) is 21.5 Å². The molecule has 0 aromatic heterocycles. The summed E-state index contributed by atoms with van der Waals surface area (Å²) < 4.78 is 39.8. The van der Waals surface area contributed by atoms with Gasteiger partial charge < -0.3 is 10.6 Å². The number of hydrogen-bond donors (Lipinski definition) is 2. The first-order chi connectivity index (χ1) is 12.3. The van der Waals surface area contributed by atoms with Crippen LogP contribution in [0.2, 0.25) is 0 Å². The van der Waals surface area contributed by atoms with Gasteiger partial charge in [0, 0.05) is 26.2 Å². The lowest BCUT2D eigenvalue weighted by molar-refractivity contribution is 0.102. The molecular formula is C18H20FN3O3S. The fourth-order valence-corrected chi connectivity index (χ4v) is 3.72. The first-order valence-corrected chi connectivity index (χ1v) is 9.59. The van der Waals surface area contributed by atoms with Crippen molar-refractivity contribution in [1.82, 2.24) is 9.62 Å². The summed E-state index contributed by atoms with van der Waals surface area (Å²) >= 11 is 0. The minimum Gasteiger partial charge on any atom is -0.319 e. The number of sulfonamides is 1. The third-order valence-electron chi connectivity index (χ3n) is 4.35. The number of carbonyl (C=O) groups is 1. The normalized spacial score (nSPS) is 14.2. The van der Waals surface area contributed by atoms with Gasteiger partial charge >= 0.3 is 0 Å². The van der Waals surface area contributed by atoms with E-state index in [1.165, 1.54) is 38.4 Å². The summed E-state index contributed by atoms with van der Waals surface area (Å²) in [5.74, 6) is -0.907. The topological polar surface area (TPSA) is 78.5 Å². The van der Waals surface area contributed by atoms with E-state index in [9.17, 15) is 17.6 Å². The molecule has 3 rings (SSSR count). The third-order valence-corrected chi connectivity index (χ3v) is 6.18. The first kappa shape index (κ1) is 18.5. The molecule has 2 aromatic carbocycles. The predicted octanol–water partition coefficient (Wildman–Crippen LogP) is 1.97. The van der Waals surface area contributed by atoms with E-state index in [0.29, 0.717) is 25.1 Å². The van der Waals surface area contributed by atoms with E-state index in [-0.39, 0.29) is 16.1 Å². The zero-order chi connectivity index (χ0) is 18.9. The van der Waals surface area contributed by atoms with Gasteiger partial charge in [-0.3, -0.25) is 4.79 Å². The van der Waals surface area contributed by atoms with Crippen LogP contribution < -0.4 is 10.6 Å². The maximum Gasteiger partial charge on any atom is 0.255 e. The number of nitrogens with one attached hydrogen (secondary N) is 2. The maximum absolute atomic E-state index is 14.6. The summed E-state index contributed by atoms with van der Waals surface area (Å²) in [5, 5.41) is 5.74. The van der Waals surface area contributed by atoms with Crippen LogP contribution in [0.5, 0.6) is 0 Å². The highest BCUT2D eigenvalue weighted by atomic mass is 32.2. The van der Waals surface area contributed by atoms with Crippen LogP contribution in [-0.4, -0.2) is 39.3 Å². The molecule has 0 atom stereocenters. The lowest BCUT2D eigenvalue weighted by atomic mass is 9.99. The predicted molar refractivity (Wildman–Crippen MR) is 97.1 cm³/mol. The van der Waals surface area contributed by atoms with E-state index in [4.69, 9.17) is 0 Å². The fourth-order valence-electron chi connectivity index (χ4n) is 2.81. The van der Waals surface area contributed by atoms with Crippen molar-refractivity contribution in [2.45, 2.75) is 17.9 Å². The zero-order valence-corrected chi connectivity index (χ0v) is 15.4. The van der Waals surface area contributed by atoms with Crippen molar-refractivity contribution < 1.29 is 17.6 Å². The second-order valence-corrected chi connectivity index (χ2v) is 8.41. The van der Waals surface area contributed by atoms with Crippen molar-refractivity contribution in [2.75, 3.05) is 26.0 Å². The Hall–Kier alpha value is -2.29. The summed E-state index contributed by atoms with van der Waals surface area (Å²) in [6.07, 6.45) is 0.571. The molecule has 0 saturated heterocycles. The van der Waals surface area contributed by atoms with Crippen molar-refractivity contribution >= 4 is 21.6 Å². The van der Waals surface area contributed by atoms with Crippen LogP contribution in [0.15, 0.2) is 41.3 Å². The number of fused-ring (bicyclic) bond motifs is 1. The second kappa shape index (κ2) is 7.14. The molecule has 0 aliphatic carbocycles. The molecule has 1 aliphatic heterocycles. The van der Waals surface area contributed by atoms with Gasteiger partial charge in [-0.1, -0.05) is 6.07 Å². The van der Waals surface area contributed by atoms with Crippen molar-refractivity contribution in [3.05, 3.63) is 58.9 Å². The molecule has 0 bridgehead atoms. The zero-order valence-electron chi connectivity index (χ0n) is 14.5. The number of benzene rings is 2. The molecule has 8 heteroatoms. The van der Waals surface area contributed by atoms with Crippen molar-refractivity contribution in [3.63, 3.8) is 0 Å². The average molecular weight is 377 g/mol. The van der Waals surface area contributed by atoms with E-state index in [2.05, 4.69) is 10.6 Å². The lowest BCUT2D eigenvalue weighted by Crippen LogP contribution is -2.25. The third kappa shape index (κ3) is 3.48. The molecule has 0 saturated carbocycles. The summed E-state index contributed by atoms with van der Waals surface area (Å²) in [6.45, 7) is 1.31. The van der Waals surface area contributed by atoms with Gasteiger partial charge in [0.1, 0.15) is 5.82 Å². The Morgan fingerprint density at radius 1 is 1.15 bits per heavy atom. The SMILES string of the molecule is CN(C)S(=O)(=O)c1ccc(C(=O)Nc2ccc3c(c2F)CCNC3)cc1. The van der Waals surface area contributed by atoms with Crippen molar-refractivity contribution in [1.29, 1.82) is 0 Å². The van der Waals surface area contributed by atoms with Gasteiger partial charge in [0.15, 0.2) is 0 Å². The quantitative estimate of drug-likeness (QED) is 0.854. The fraction of sp³-hybridized carbons (Fsp3) is 0.278. The Balaban J connectivity index is 1.81. The number of amides is 1. The highest BCUT2D eigenvalue weighted by Gasteiger charge is 2.20. The van der Waals surface area contributed by atoms with E-state index >= 15 is 0 Å². The molecule has 0 fully saturated rings. The molecule has 6 nitrogen and oxygen atoms in total. The van der Waals surface area contributed by atoms with Gasteiger partial charge in [-0.05, 0) is 54.4 Å². The van der Waals surface area contributed by atoms with Crippen LogP contribution in [0.25, 0.3) is 0 Å². The van der Waals surface area contributed by atoms with Gasteiger partial charge in [-0.15, -0.1) is 0 Å². The Morgan fingerprint density at radius 2 is 1.85 bits per heavy atom. The Labute approximate surface area is 152 Å². The maximum atomic E-state index is 14.6. The smallest absolute Gasteiger partial charge is 0.255 e. The summed E-state index contributed by atoms with van der Waals surface area (Å²) in [5.41, 5.74) is 1.89. The van der Waals surface area contributed by atoms with E-state index in [0.717, 1.165) is 9.87 Å². The first-order valence-electron chi connectivity index (χ1n) is 8.15. The molecule has 0 radical (unpaired) electrons. The molecule has 0 spiro atoms. The highest BCUT2D eigenvalue weighted by molar-refractivity contribution is 7.89. The monoisotopic (exact) mass is 377 g/mol. The number of halogens is 1. The van der Waals surface area contributed by atoms with Gasteiger partial charge in [0.05, 0.1) is 10.6 Å². The Morgan fingerprint density at radius 3 is 2.50 bits per heavy atom. The lowest BCUT2D eigenvalue weighted by Gasteiger charge is -2.19. The highest BCUT2D eigenvalue weighted by Crippen LogP contribution is 2.25. The largest absolute Gasteiger partial charge is 0.319 e. The number of hydrogen-bond acceptors (Lipinski definition) is 4. The standard InChI is InChI=1S/C18H20FN3O3S/c1-22(2)26(24,25)14-6-3-12(4-7-14)18(23)21-16-8-5-13-11-20-10-9-15(13)17(16)19/h3-8,20H,9-11H2,1-2H3,(H,21,23). The second-order valence-electron chi connectivity index (χ2n) is 6.26. The molecule has 0 unspecified atom stereocenters. The van der Waals surface area contributed by atoms with Crippen LogP contribution >= 0.6 is 0 Å². The minimum atomic E-state index is -3.56. The number of rotatable bonds is 4. The van der Waals surface area contributed by atoms with Gasteiger partial charge in [-0.25, -0.2) is 17.1 Å². The summed E-state index contributed by atoms with van der Waals surface area (Å²) in [4.78, 5) is 12.5. The van der Waals surface area contributed by atoms with Crippen LogP contribution in [0.4, 0.5) is 10.1 Å². The molecule has 1 amide bonds. The molecular weight excluding hydrogens is 357 g/mol. The van der Waals surface area contributed by atoms with Crippen LogP contribution in [0.3, 0.4) is 0 Å². The summed E-state index contributed by atoms with van der Waals surface area (Å²) in [6, 6.07) is 8.88. The molecule has 2 N–H and O–H groups in total. The van der Waals surface area contributed by atoms with E-state index in [1.54, 1.807) is 12.1 Å². The van der Waals surface area contributed by atoms with E-state index < -0.39 is 21.7 Å². The van der Waals surface area contributed by atoms with E-state index in [1.807, 2.05) is 0 Å². The molecule has 1 aliphatic rings. The van der Waals surface area contributed by atoms with Gasteiger partial charge in [0.25, 0.3) is 5.91 Å². The van der Waals surface area contributed by atoms with Crippen LogP contribution in [0, 0.1) is 5.82 Å². The van der Waals surface area contributed by atoms with Crippen molar-refractivity contribution in [3.8, 4) is 0 Å².